The van der Waals surface area contributed by atoms with Gasteiger partial charge in [-0.2, -0.15) is 0 Å². The lowest BCUT2D eigenvalue weighted by Crippen LogP contribution is -1.91. The van der Waals surface area contributed by atoms with Crippen LogP contribution in [0.3, 0.4) is 0 Å². The molecule has 116 valence electrons. The highest BCUT2D eigenvalue weighted by molar-refractivity contribution is 6.31. The molecular formula is C20H29Cl. The predicted octanol–water partition coefficient (Wildman–Crippen LogP) is 6.91. The third-order valence-electron chi connectivity index (χ3n) is 3.22. The summed E-state index contributed by atoms with van der Waals surface area (Å²) in [7, 11) is 0. The van der Waals surface area contributed by atoms with E-state index < -0.39 is 0 Å². The van der Waals surface area contributed by atoms with Crippen molar-refractivity contribution in [1.82, 2.24) is 0 Å². The molecule has 0 heterocycles. The van der Waals surface area contributed by atoms with Gasteiger partial charge in [0.15, 0.2) is 0 Å². The molecule has 0 nitrogen and oxygen atoms in total. The summed E-state index contributed by atoms with van der Waals surface area (Å²) in [5.74, 6) is 0. The van der Waals surface area contributed by atoms with Crippen LogP contribution >= 0.6 is 11.6 Å². The second-order valence-corrected chi connectivity index (χ2v) is 5.09. The first kappa shape index (κ1) is 19.7. The van der Waals surface area contributed by atoms with Crippen molar-refractivity contribution in [3.63, 3.8) is 0 Å². The van der Waals surface area contributed by atoms with Crippen LogP contribution in [-0.4, -0.2) is 0 Å². The van der Waals surface area contributed by atoms with E-state index in [4.69, 9.17) is 11.6 Å². The minimum absolute atomic E-state index is 0.853. The lowest BCUT2D eigenvalue weighted by atomic mass is 10.00. The molecule has 0 atom stereocenters. The van der Waals surface area contributed by atoms with E-state index in [9.17, 15) is 0 Å². The van der Waals surface area contributed by atoms with Gasteiger partial charge in [-0.25, -0.2) is 0 Å². The van der Waals surface area contributed by atoms with Crippen LogP contribution in [0.1, 0.15) is 55.5 Å². The van der Waals surface area contributed by atoms with Gasteiger partial charge in [0.25, 0.3) is 0 Å². The first-order valence-corrected chi connectivity index (χ1v) is 8.25. The van der Waals surface area contributed by atoms with E-state index in [0.717, 1.165) is 17.0 Å². The molecular weight excluding hydrogens is 276 g/mol. The Balaban J connectivity index is 0.000000921. The molecule has 0 amide bonds. The van der Waals surface area contributed by atoms with Gasteiger partial charge in [0, 0.05) is 5.02 Å². The van der Waals surface area contributed by atoms with E-state index in [2.05, 4.69) is 50.2 Å². The summed E-state index contributed by atoms with van der Waals surface area (Å²) < 4.78 is 0. The SMILES string of the molecule is CC.CC.Cc1ccc(Cc2ccc(C)c(Cl)c2)cc1C. The van der Waals surface area contributed by atoms with Crippen LogP contribution in [0, 0.1) is 20.8 Å². The van der Waals surface area contributed by atoms with Gasteiger partial charge in [-0.15, -0.1) is 0 Å². The second kappa shape index (κ2) is 10.5. The summed E-state index contributed by atoms with van der Waals surface area (Å²) in [6.45, 7) is 14.3. The lowest BCUT2D eigenvalue weighted by Gasteiger charge is -2.07. The predicted molar refractivity (Wildman–Crippen MR) is 97.6 cm³/mol. The second-order valence-electron chi connectivity index (χ2n) is 4.68. The van der Waals surface area contributed by atoms with Crippen molar-refractivity contribution in [2.75, 3.05) is 0 Å². The Kier molecular flexibility index (Phi) is 9.82. The Labute approximate surface area is 136 Å². The van der Waals surface area contributed by atoms with Gasteiger partial charge in [-0.3, -0.25) is 0 Å². The number of hydrogen-bond donors (Lipinski definition) is 0. The van der Waals surface area contributed by atoms with Gasteiger partial charge >= 0.3 is 0 Å². The van der Waals surface area contributed by atoms with Crippen molar-refractivity contribution in [3.8, 4) is 0 Å². The summed E-state index contributed by atoms with van der Waals surface area (Å²) in [6, 6.07) is 12.9. The normalized spacial score (nSPS) is 9.14. The van der Waals surface area contributed by atoms with Crippen molar-refractivity contribution in [2.24, 2.45) is 0 Å². The first-order chi connectivity index (χ1) is 10.1. The van der Waals surface area contributed by atoms with Crippen LogP contribution in [0.25, 0.3) is 0 Å². The highest BCUT2D eigenvalue weighted by atomic mass is 35.5. The minimum Gasteiger partial charge on any atom is -0.0840 e. The average Bonchev–Trinajstić information content (AvgIpc) is 2.51. The molecule has 0 bridgehead atoms. The number of hydrogen-bond acceptors (Lipinski definition) is 0. The molecule has 0 spiro atoms. The topological polar surface area (TPSA) is 0 Å². The smallest absolute Gasteiger partial charge is 0.0438 e. The Hall–Kier alpha value is -1.27. The van der Waals surface area contributed by atoms with E-state index in [1.54, 1.807) is 0 Å². The van der Waals surface area contributed by atoms with Crippen molar-refractivity contribution < 1.29 is 0 Å². The minimum atomic E-state index is 0.853. The van der Waals surface area contributed by atoms with Crippen molar-refractivity contribution in [3.05, 3.63) is 69.2 Å². The van der Waals surface area contributed by atoms with E-state index in [0.29, 0.717) is 0 Å². The van der Waals surface area contributed by atoms with Gasteiger partial charge < -0.3 is 0 Å². The molecule has 0 saturated carbocycles. The monoisotopic (exact) mass is 304 g/mol. The molecule has 0 unspecified atom stereocenters. The summed E-state index contributed by atoms with van der Waals surface area (Å²) in [5, 5.41) is 0.853. The molecule has 0 aliphatic rings. The lowest BCUT2D eigenvalue weighted by molar-refractivity contribution is 1.16. The van der Waals surface area contributed by atoms with Gasteiger partial charge in [0.1, 0.15) is 0 Å². The molecule has 0 aromatic heterocycles. The fraction of sp³-hybridized carbons (Fsp3) is 0.400. The highest BCUT2D eigenvalue weighted by Gasteiger charge is 2.01. The third-order valence-corrected chi connectivity index (χ3v) is 3.62. The standard InChI is InChI=1S/C16H17Cl.2C2H6/c1-11-4-6-14(8-13(11)3)9-15-7-5-12(2)16(17)10-15;2*1-2/h4-8,10H,9H2,1-3H3;2*1-2H3. The van der Waals surface area contributed by atoms with E-state index in [1.807, 2.05) is 34.6 Å². The fourth-order valence-electron chi connectivity index (χ4n) is 1.90. The molecule has 2 aromatic rings. The van der Waals surface area contributed by atoms with Crippen LogP contribution in [-0.2, 0) is 6.42 Å². The molecule has 0 aliphatic carbocycles. The van der Waals surface area contributed by atoms with Crippen LogP contribution in [0.5, 0.6) is 0 Å². The van der Waals surface area contributed by atoms with E-state index in [1.165, 1.54) is 22.3 Å². The largest absolute Gasteiger partial charge is 0.0840 e. The maximum atomic E-state index is 6.14. The zero-order chi connectivity index (χ0) is 16.4. The van der Waals surface area contributed by atoms with E-state index in [-0.39, 0.29) is 0 Å². The van der Waals surface area contributed by atoms with Gasteiger partial charge in [-0.05, 0) is 61.1 Å². The molecule has 0 fully saturated rings. The number of benzene rings is 2. The average molecular weight is 305 g/mol. The van der Waals surface area contributed by atoms with Crippen molar-refractivity contribution in [1.29, 1.82) is 0 Å². The van der Waals surface area contributed by atoms with Crippen molar-refractivity contribution in [2.45, 2.75) is 54.9 Å². The number of halogens is 1. The Morgan fingerprint density at radius 1 is 0.667 bits per heavy atom. The molecule has 0 radical (unpaired) electrons. The fourth-order valence-corrected chi connectivity index (χ4v) is 2.10. The Morgan fingerprint density at radius 3 is 1.62 bits per heavy atom. The molecule has 0 N–H and O–H groups in total. The van der Waals surface area contributed by atoms with Crippen LogP contribution in [0.2, 0.25) is 5.02 Å². The molecule has 0 aliphatic heterocycles. The summed E-state index contributed by atoms with van der Waals surface area (Å²) in [4.78, 5) is 0. The quantitative estimate of drug-likeness (QED) is 0.565. The molecule has 1 heteroatoms. The summed E-state index contributed by atoms with van der Waals surface area (Å²) in [5.41, 5.74) is 6.43. The summed E-state index contributed by atoms with van der Waals surface area (Å²) in [6.07, 6.45) is 0.946. The van der Waals surface area contributed by atoms with Gasteiger partial charge in [-0.1, -0.05) is 69.6 Å². The zero-order valence-corrected chi connectivity index (χ0v) is 15.3. The Bertz CT molecular complexity index is 492. The number of rotatable bonds is 2. The van der Waals surface area contributed by atoms with Crippen LogP contribution in [0.4, 0.5) is 0 Å². The number of aryl methyl sites for hydroxylation is 3. The molecule has 0 saturated heterocycles. The first-order valence-electron chi connectivity index (χ1n) is 7.87. The highest BCUT2D eigenvalue weighted by Crippen LogP contribution is 2.20. The van der Waals surface area contributed by atoms with Gasteiger partial charge in [0.05, 0.1) is 0 Å². The van der Waals surface area contributed by atoms with Crippen LogP contribution < -0.4 is 0 Å². The maximum Gasteiger partial charge on any atom is 0.0438 e. The molecule has 2 rings (SSSR count). The molecule has 21 heavy (non-hydrogen) atoms. The summed E-state index contributed by atoms with van der Waals surface area (Å²) >= 11 is 6.14. The molecule has 2 aromatic carbocycles. The maximum absolute atomic E-state index is 6.14. The van der Waals surface area contributed by atoms with Crippen LogP contribution in [0.15, 0.2) is 36.4 Å². The van der Waals surface area contributed by atoms with E-state index >= 15 is 0 Å². The third kappa shape index (κ3) is 6.35. The van der Waals surface area contributed by atoms with Gasteiger partial charge in [0.2, 0.25) is 0 Å². The Morgan fingerprint density at radius 2 is 1.14 bits per heavy atom. The zero-order valence-electron chi connectivity index (χ0n) is 14.5. The van der Waals surface area contributed by atoms with Crippen molar-refractivity contribution >= 4 is 11.6 Å².